The first-order valence-corrected chi connectivity index (χ1v) is 7.52. The Morgan fingerprint density at radius 2 is 2.05 bits per heavy atom. The standard InChI is InChI=1S/C15H24N2O4/c1-14(2)9-11(18)17(12(14)19)8-4-7-15(3,13(20)21)16-10-5-6-10/h10,16H,4-9H2,1-3H3,(H,20,21). The predicted molar refractivity (Wildman–Crippen MR) is 76.6 cm³/mol. The molecular weight excluding hydrogens is 272 g/mol. The number of nitrogens with zero attached hydrogens (tertiary/aromatic N) is 1. The highest BCUT2D eigenvalue weighted by molar-refractivity contribution is 6.05. The summed E-state index contributed by atoms with van der Waals surface area (Å²) in [5.74, 6) is -1.19. The molecule has 0 aromatic rings. The summed E-state index contributed by atoms with van der Waals surface area (Å²) in [7, 11) is 0. The molecule has 2 aliphatic rings. The second-order valence-corrected chi connectivity index (χ2v) is 7.07. The smallest absolute Gasteiger partial charge is 0.323 e. The molecule has 2 N–H and O–H groups in total. The number of carbonyl (C=O) groups excluding carboxylic acids is 2. The molecule has 1 aliphatic carbocycles. The zero-order chi connectivity index (χ0) is 15.8. The van der Waals surface area contributed by atoms with Crippen LogP contribution in [0, 0.1) is 5.41 Å². The van der Waals surface area contributed by atoms with Crippen LogP contribution < -0.4 is 5.32 Å². The number of carbonyl (C=O) groups is 3. The molecule has 118 valence electrons. The highest BCUT2D eigenvalue weighted by atomic mass is 16.4. The van der Waals surface area contributed by atoms with E-state index >= 15 is 0 Å². The van der Waals surface area contributed by atoms with Gasteiger partial charge in [-0.2, -0.15) is 0 Å². The highest BCUT2D eigenvalue weighted by Crippen LogP contribution is 2.32. The number of nitrogens with one attached hydrogen (secondary N) is 1. The summed E-state index contributed by atoms with van der Waals surface area (Å²) in [6.07, 6.45) is 3.16. The van der Waals surface area contributed by atoms with Gasteiger partial charge >= 0.3 is 5.97 Å². The van der Waals surface area contributed by atoms with Crippen LogP contribution in [-0.2, 0) is 14.4 Å². The fourth-order valence-corrected chi connectivity index (χ4v) is 2.76. The van der Waals surface area contributed by atoms with Crippen molar-refractivity contribution in [1.82, 2.24) is 10.2 Å². The van der Waals surface area contributed by atoms with E-state index in [0.29, 0.717) is 25.4 Å². The lowest BCUT2D eigenvalue weighted by Crippen LogP contribution is -2.51. The molecule has 2 rings (SSSR count). The number of imide groups is 1. The van der Waals surface area contributed by atoms with E-state index in [1.807, 2.05) is 0 Å². The van der Waals surface area contributed by atoms with Crippen molar-refractivity contribution in [1.29, 1.82) is 0 Å². The van der Waals surface area contributed by atoms with Gasteiger partial charge in [-0.1, -0.05) is 13.8 Å². The van der Waals surface area contributed by atoms with E-state index in [9.17, 15) is 19.5 Å². The molecule has 21 heavy (non-hydrogen) atoms. The maximum atomic E-state index is 12.1. The molecule has 1 saturated heterocycles. The Balaban J connectivity index is 1.89. The van der Waals surface area contributed by atoms with Gasteiger partial charge in [0.25, 0.3) is 0 Å². The fourth-order valence-electron chi connectivity index (χ4n) is 2.76. The van der Waals surface area contributed by atoms with Gasteiger partial charge in [0.15, 0.2) is 0 Å². The van der Waals surface area contributed by atoms with E-state index in [2.05, 4.69) is 5.32 Å². The second-order valence-electron chi connectivity index (χ2n) is 7.07. The lowest BCUT2D eigenvalue weighted by Gasteiger charge is -2.27. The van der Waals surface area contributed by atoms with Gasteiger partial charge in [0.1, 0.15) is 5.54 Å². The van der Waals surface area contributed by atoms with E-state index in [4.69, 9.17) is 0 Å². The monoisotopic (exact) mass is 296 g/mol. The number of amides is 2. The average Bonchev–Trinajstić information content (AvgIpc) is 3.13. The third kappa shape index (κ3) is 3.43. The highest BCUT2D eigenvalue weighted by Gasteiger charge is 2.45. The van der Waals surface area contributed by atoms with Crippen LogP contribution in [0.1, 0.15) is 52.9 Å². The number of carboxylic acid groups (broad SMARTS) is 1. The quantitative estimate of drug-likeness (QED) is 0.688. The van der Waals surface area contributed by atoms with Crippen molar-refractivity contribution < 1.29 is 19.5 Å². The minimum atomic E-state index is -0.984. The van der Waals surface area contributed by atoms with Crippen molar-refractivity contribution in [2.75, 3.05) is 6.54 Å². The van der Waals surface area contributed by atoms with E-state index < -0.39 is 16.9 Å². The summed E-state index contributed by atoms with van der Waals surface area (Å²) in [6.45, 7) is 5.51. The number of carboxylic acids is 1. The molecule has 1 unspecified atom stereocenters. The molecule has 1 aliphatic heterocycles. The van der Waals surface area contributed by atoms with Crippen molar-refractivity contribution in [2.45, 2.75) is 64.5 Å². The first-order chi connectivity index (χ1) is 9.66. The van der Waals surface area contributed by atoms with Gasteiger partial charge in [-0.05, 0) is 32.6 Å². The van der Waals surface area contributed by atoms with E-state index in [-0.39, 0.29) is 18.2 Å². The molecule has 2 amide bonds. The van der Waals surface area contributed by atoms with Crippen LogP contribution in [0.2, 0.25) is 0 Å². The van der Waals surface area contributed by atoms with Crippen molar-refractivity contribution in [2.24, 2.45) is 5.41 Å². The summed E-state index contributed by atoms with van der Waals surface area (Å²) in [6, 6.07) is 0.292. The molecule has 0 aromatic heterocycles. The largest absolute Gasteiger partial charge is 0.480 e. The maximum Gasteiger partial charge on any atom is 0.323 e. The number of hydrogen-bond acceptors (Lipinski definition) is 4. The minimum Gasteiger partial charge on any atom is -0.480 e. The summed E-state index contributed by atoms with van der Waals surface area (Å²) < 4.78 is 0. The van der Waals surface area contributed by atoms with Gasteiger partial charge in [0.05, 0.1) is 5.41 Å². The van der Waals surface area contributed by atoms with Crippen LogP contribution in [0.4, 0.5) is 0 Å². The Kier molecular flexibility index (Phi) is 4.10. The number of hydrogen-bond donors (Lipinski definition) is 2. The van der Waals surface area contributed by atoms with Gasteiger partial charge in [0.2, 0.25) is 11.8 Å². The first kappa shape index (κ1) is 15.9. The lowest BCUT2D eigenvalue weighted by atomic mass is 9.92. The molecule has 6 heteroatoms. The summed E-state index contributed by atoms with van der Waals surface area (Å²) >= 11 is 0. The predicted octanol–water partition coefficient (Wildman–Crippen LogP) is 1.15. The fraction of sp³-hybridized carbons (Fsp3) is 0.800. The van der Waals surface area contributed by atoms with Gasteiger partial charge in [-0.15, -0.1) is 0 Å². The number of likely N-dealkylation sites (tertiary alicyclic amines) is 1. The van der Waals surface area contributed by atoms with Gasteiger partial charge in [-0.25, -0.2) is 0 Å². The van der Waals surface area contributed by atoms with Crippen LogP contribution >= 0.6 is 0 Å². The van der Waals surface area contributed by atoms with Crippen molar-refractivity contribution >= 4 is 17.8 Å². The van der Waals surface area contributed by atoms with Crippen LogP contribution in [0.3, 0.4) is 0 Å². The van der Waals surface area contributed by atoms with E-state index in [1.54, 1.807) is 20.8 Å². The Hall–Kier alpha value is -1.43. The van der Waals surface area contributed by atoms with E-state index in [0.717, 1.165) is 12.8 Å². The lowest BCUT2D eigenvalue weighted by molar-refractivity contribution is -0.144. The summed E-state index contributed by atoms with van der Waals surface area (Å²) in [5.41, 5.74) is -1.61. The molecule has 1 heterocycles. The summed E-state index contributed by atoms with van der Waals surface area (Å²) in [5, 5.41) is 12.5. The number of rotatable bonds is 7. The third-order valence-electron chi connectivity index (χ3n) is 4.35. The van der Waals surface area contributed by atoms with Crippen molar-refractivity contribution in [3.05, 3.63) is 0 Å². The topological polar surface area (TPSA) is 86.7 Å². The molecule has 6 nitrogen and oxygen atoms in total. The van der Waals surface area contributed by atoms with Crippen molar-refractivity contribution in [3.63, 3.8) is 0 Å². The van der Waals surface area contributed by atoms with Gasteiger partial charge < -0.3 is 5.11 Å². The Morgan fingerprint density at radius 3 is 2.48 bits per heavy atom. The van der Waals surface area contributed by atoms with E-state index in [1.165, 1.54) is 4.90 Å². The Morgan fingerprint density at radius 1 is 1.43 bits per heavy atom. The Bertz CT molecular complexity index is 470. The molecule has 0 bridgehead atoms. The SMILES string of the molecule is CC1(C)CC(=O)N(CCCC(C)(NC2CC2)C(=O)O)C1=O. The zero-order valence-electron chi connectivity index (χ0n) is 12.9. The molecule has 0 spiro atoms. The minimum absolute atomic E-state index is 0.153. The normalized spacial score (nSPS) is 24.2. The number of aliphatic carboxylic acids is 1. The zero-order valence-corrected chi connectivity index (χ0v) is 12.9. The second kappa shape index (κ2) is 5.40. The molecule has 0 aromatic carbocycles. The van der Waals surface area contributed by atoms with Crippen LogP contribution in [0.25, 0.3) is 0 Å². The average molecular weight is 296 g/mol. The third-order valence-corrected chi connectivity index (χ3v) is 4.35. The molecule has 1 saturated carbocycles. The Labute approximate surface area is 124 Å². The van der Waals surface area contributed by atoms with Crippen LogP contribution in [0.15, 0.2) is 0 Å². The van der Waals surface area contributed by atoms with Crippen molar-refractivity contribution in [3.8, 4) is 0 Å². The maximum absolute atomic E-state index is 12.1. The molecule has 2 fully saturated rings. The van der Waals surface area contributed by atoms with Crippen LogP contribution in [-0.4, -0.2) is 45.9 Å². The molecular formula is C15H24N2O4. The first-order valence-electron chi connectivity index (χ1n) is 7.52. The van der Waals surface area contributed by atoms with Crippen LogP contribution in [0.5, 0.6) is 0 Å². The summed E-state index contributed by atoms with van der Waals surface area (Å²) in [4.78, 5) is 36.6. The van der Waals surface area contributed by atoms with Gasteiger partial charge in [0, 0.05) is 19.0 Å². The van der Waals surface area contributed by atoms with Gasteiger partial charge in [-0.3, -0.25) is 24.6 Å². The molecule has 1 atom stereocenters. The molecule has 0 radical (unpaired) electrons.